The molecule has 1 fully saturated rings. The van der Waals surface area contributed by atoms with Gasteiger partial charge >= 0.3 is 6.09 Å². The summed E-state index contributed by atoms with van der Waals surface area (Å²) in [6.07, 6.45) is -7.20. The van der Waals surface area contributed by atoms with Gasteiger partial charge in [0.15, 0.2) is 5.82 Å². The molecule has 2 aliphatic rings. The lowest BCUT2D eigenvalue weighted by Gasteiger charge is -2.39. The quantitative estimate of drug-likeness (QED) is 0.0196. The fourth-order valence-corrected chi connectivity index (χ4v) is 10.9. The van der Waals surface area contributed by atoms with Crippen molar-refractivity contribution in [1.29, 1.82) is 0 Å². The first kappa shape index (κ1) is 92.2. The van der Waals surface area contributed by atoms with Crippen LogP contribution in [0, 0.1) is 0 Å². The van der Waals surface area contributed by atoms with E-state index in [9.17, 15) is 59.1 Å². The topological polar surface area (TPSA) is 488 Å². The number of para-hydroxylation sites is 1. The molecule has 7 amide bonds. The lowest BCUT2D eigenvalue weighted by molar-refractivity contribution is -0.277. The molecule has 0 radical (unpaired) electrons. The Balaban J connectivity index is 0.879. The molecule has 0 bridgehead atoms. The number of benzene rings is 2. The number of rotatable bonds is 61. The summed E-state index contributed by atoms with van der Waals surface area (Å²) in [7, 11) is 1.63. The largest absolute Gasteiger partial charge is 0.460 e. The monoisotopic (exact) mass is 1580 g/mol. The van der Waals surface area contributed by atoms with Gasteiger partial charge < -0.3 is 133 Å². The maximum absolute atomic E-state index is 13.9. The van der Waals surface area contributed by atoms with Crippen molar-refractivity contribution in [2.75, 3.05) is 203 Å². The van der Waals surface area contributed by atoms with Crippen LogP contribution in [-0.4, -0.2) is 327 Å². The molecule has 622 valence electrons. The number of anilines is 2. The molecule has 2 aromatic carbocycles. The van der Waals surface area contributed by atoms with Crippen LogP contribution in [0.1, 0.15) is 64.3 Å². The lowest BCUT2D eigenvalue weighted by Crippen LogP contribution is -2.60. The van der Waals surface area contributed by atoms with Crippen LogP contribution in [0.2, 0.25) is 0 Å². The van der Waals surface area contributed by atoms with E-state index >= 15 is 0 Å². The minimum absolute atomic E-state index is 0.00858. The summed E-state index contributed by atoms with van der Waals surface area (Å²) in [5.74, 6) is -3.89. The lowest BCUT2D eigenvalue weighted by atomic mass is 9.99. The van der Waals surface area contributed by atoms with Gasteiger partial charge in [0.1, 0.15) is 66.8 Å². The zero-order valence-electron chi connectivity index (χ0n) is 63.7. The summed E-state index contributed by atoms with van der Waals surface area (Å²) < 4.78 is 90.0. The van der Waals surface area contributed by atoms with Gasteiger partial charge in [-0.15, -0.1) is 0 Å². The molecule has 2 aliphatic heterocycles. The number of fused-ring (bicyclic) bond motifs is 3. The number of pyridine rings is 1. The van der Waals surface area contributed by atoms with E-state index in [1.165, 1.54) is 18.2 Å². The van der Waals surface area contributed by atoms with Crippen molar-refractivity contribution in [1.82, 2.24) is 35.4 Å². The molecule has 12 N–H and O–H groups in total. The van der Waals surface area contributed by atoms with Gasteiger partial charge in [0.2, 0.25) is 29.9 Å². The third kappa shape index (κ3) is 33.9. The second kappa shape index (κ2) is 52.6. The Morgan fingerprint density at radius 3 is 1.70 bits per heavy atom. The number of hydrogen-bond acceptors (Lipinski definition) is 31. The average Bonchev–Trinajstić information content (AvgIpc) is 1.61. The van der Waals surface area contributed by atoms with Gasteiger partial charge in [-0.3, -0.25) is 39.0 Å². The number of unbranched alkanes of at least 4 members (excludes halogenated alkanes) is 1. The van der Waals surface area contributed by atoms with Crippen LogP contribution in [0.5, 0.6) is 5.75 Å². The molecule has 38 heteroatoms. The average molecular weight is 1580 g/mol. The highest BCUT2D eigenvalue weighted by molar-refractivity contribution is 6.15. The Bertz CT molecular complexity index is 3440. The van der Waals surface area contributed by atoms with Gasteiger partial charge in [-0.2, -0.15) is 0 Å². The molecule has 4 aromatic rings. The fraction of sp³-hybridized carbons (Fsp3) is 0.658. The van der Waals surface area contributed by atoms with Crippen LogP contribution >= 0.6 is 0 Å². The molecular formula is C73H112N10O28. The molecule has 0 saturated carbocycles. The van der Waals surface area contributed by atoms with Gasteiger partial charge in [0, 0.05) is 63.7 Å². The minimum atomic E-state index is -1.85. The van der Waals surface area contributed by atoms with Crippen molar-refractivity contribution < 1.29 is 135 Å². The Hall–Kier alpha value is -7.65. The molecule has 111 heavy (non-hydrogen) atoms. The van der Waals surface area contributed by atoms with E-state index in [1.807, 2.05) is 23.6 Å². The summed E-state index contributed by atoms with van der Waals surface area (Å²) in [5.41, 5.74) is 6.27. The smallest absolute Gasteiger partial charge is 0.413 e. The fourth-order valence-electron chi connectivity index (χ4n) is 10.9. The maximum Gasteiger partial charge on any atom is 0.413 e. The van der Waals surface area contributed by atoms with E-state index in [-0.39, 0.29) is 94.0 Å². The third-order valence-electron chi connectivity index (χ3n) is 16.5. The maximum atomic E-state index is 13.9. The van der Waals surface area contributed by atoms with Crippen LogP contribution in [0.15, 0.2) is 54.6 Å². The zero-order valence-corrected chi connectivity index (χ0v) is 63.7. The van der Waals surface area contributed by atoms with Gasteiger partial charge in [-0.05, 0) is 63.8 Å². The number of hydrogen-bond donors (Lipinski definition) is 11. The first-order chi connectivity index (χ1) is 53.8. The molecular weight excluding hydrogens is 1460 g/mol. The number of carbonyl (C=O) groups is 7. The number of imidazole rings is 1. The molecule has 2 aromatic heterocycles. The van der Waals surface area contributed by atoms with E-state index in [0.717, 1.165) is 12.2 Å². The SMILES string of the molecule is CCOCc1nc2c(NC(=O)OCc3ccc(O[C@H]4O[C@H](CO)[C@@H](O)[C@H](O)[C@@H]4O)c(NC(=O)CCNC(=O)[C@H](CCCCNC(=O)CCOCCOCCOCCOCCOCCOCCOCCOCCOCCOCCOCCOC)NC(=O)[C@H](CN)N4C(=O)C=CC4=O)c3)nc3ccccc3c2n1CC(C)(C)O. The number of nitrogens with two attached hydrogens (primary N) is 1. The van der Waals surface area contributed by atoms with Crippen molar-refractivity contribution >= 4 is 75.0 Å². The normalized spacial score (nSPS) is 17.0. The second-order valence-corrected chi connectivity index (χ2v) is 25.7. The van der Waals surface area contributed by atoms with Gasteiger partial charge in [-0.25, -0.2) is 14.8 Å². The number of imide groups is 1. The molecule has 4 heterocycles. The number of aromatic nitrogens is 3. The number of nitrogens with one attached hydrogen (secondary N) is 5. The van der Waals surface area contributed by atoms with Crippen LogP contribution in [-0.2, 0) is 120 Å². The van der Waals surface area contributed by atoms with Gasteiger partial charge in [0.25, 0.3) is 11.8 Å². The molecule has 38 nitrogen and oxygen atoms in total. The number of aliphatic hydroxyl groups excluding tert-OH is 4. The standard InChI is InChI=1S/C73H112N10O28/c1-5-97-48-58-80-63-64(82(58)49-73(2,3)95)51-10-6-7-11-52(51)78-68(63)81-72(94)109-47-50-13-14-56(110-71-67(91)66(90)65(89)57(46-84)111-71)54(44-50)77-60(86)17-20-76-69(92)53(79-70(93)55(45-74)83-61(87)15-16-62(83)88)12-8-9-19-75-59(85)18-21-98-24-25-100-28-29-102-32-33-104-36-37-106-40-41-108-43-42-107-39-38-105-35-34-103-31-30-101-27-26-99-23-22-96-4/h6-7,10-11,13-16,44,53,55,57,65-67,71,84,89-91,95H,5,8-9,12,17-43,45-49,74H2,1-4H3,(H,75,85)(H,76,92)(H,77,86)(H,79,93)(H,78,81,94)/t53-,55-,57+,65+,66-,67-,71-/m0/s1. The highest BCUT2D eigenvalue weighted by Gasteiger charge is 2.45. The van der Waals surface area contributed by atoms with Crippen molar-refractivity contribution in [3.63, 3.8) is 0 Å². The van der Waals surface area contributed by atoms with E-state index in [4.69, 9.17) is 86.5 Å². The van der Waals surface area contributed by atoms with Crippen LogP contribution in [0.4, 0.5) is 16.3 Å². The summed E-state index contributed by atoms with van der Waals surface area (Å²) in [4.78, 5) is 103. The van der Waals surface area contributed by atoms with Crippen molar-refractivity contribution in [2.45, 2.75) is 121 Å². The van der Waals surface area contributed by atoms with Crippen molar-refractivity contribution in [2.24, 2.45) is 5.73 Å². The Morgan fingerprint density at radius 2 is 1.17 bits per heavy atom. The number of amides is 7. The van der Waals surface area contributed by atoms with E-state index in [2.05, 4.69) is 31.6 Å². The number of aliphatic hydroxyl groups is 5. The first-order valence-electron chi connectivity index (χ1n) is 37.1. The molecule has 0 aliphatic carbocycles. The highest BCUT2D eigenvalue weighted by Crippen LogP contribution is 2.34. The Kier molecular flexibility index (Phi) is 43.7. The minimum Gasteiger partial charge on any atom is -0.460 e. The number of ether oxygens (including phenoxy) is 16. The molecule has 7 atom stereocenters. The zero-order chi connectivity index (χ0) is 80.0. The summed E-state index contributed by atoms with van der Waals surface area (Å²) in [6.45, 7) is 13.5. The third-order valence-corrected chi connectivity index (χ3v) is 16.5. The Morgan fingerprint density at radius 1 is 0.622 bits per heavy atom. The van der Waals surface area contributed by atoms with Gasteiger partial charge in [0.05, 0.1) is 187 Å². The molecule has 1 saturated heterocycles. The number of methoxy groups -OCH3 is 1. The molecule has 0 spiro atoms. The van der Waals surface area contributed by atoms with E-state index in [1.54, 1.807) is 33.1 Å². The van der Waals surface area contributed by atoms with Crippen LogP contribution in [0.25, 0.3) is 21.9 Å². The number of carbonyl (C=O) groups excluding carboxylic acids is 7. The van der Waals surface area contributed by atoms with E-state index in [0.29, 0.717) is 178 Å². The predicted octanol–water partition coefficient (Wildman–Crippen LogP) is -0.493. The van der Waals surface area contributed by atoms with Crippen LogP contribution < -0.4 is 37.1 Å². The summed E-state index contributed by atoms with van der Waals surface area (Å²) in [5, 5.41) is 66.7. The van der Waals surface area contributed by atoms with Crippen molar-refractivity contribution in [3.8, 4) is 5.75 Å². The highest BCUT2D eigenvalue weighted by atomic mass is 16.7. The second-order valence-electron chi connectivity index (χ2n) is 25.7. The summed E-state index contributed by atoms with van der Waals surface area (Å²) >= 11 is 0. The van der Waals surface area contributed by atoms with E-state index < -0.39 is 110 Å². The molecule has 0 unspecified atom stereocenters. The van der Waals surface area contributed by atoms with Crippen LogP contribution in [0.3, 0.4) is 0 Å². The molecule has 6 rings (SSSR count). The number of nitrogens with zero attached hydrogens (tertiary/aromatic N) is 4. The first-order valence-corrected chi connectivity index (χ1v) is 37.1. The van der Waals surface area contributed by atoms with Crippen molar-refractivity contribution in [3.05, 3.63) is 66.0 Å². The predicted molar refractivity (Wildman–Crippen MR) is 396 cm³/mol. The summed E-state index contributed by atoms with van der Waals surface area (Å²) in [6, 6.07) is 8.58. The Labute approximate surface area is 644 Å². The van der Waals surface area contributed by atoms with Gasteiger partial charge in [-0.1, -0.05) is 24.3 Å².